The Hall–Kier alpha value is -0.570. The maximum absolute atomic E-state index is 11.8. The van der Waals surface area contributed by atoms with Gasteiger partial charge in [0.05, 0.1) is 0 Å². The minimum absolute atomic E-state index is 0.374. The van der Waals surface area contributed by atoms with Crippen molar-refractivity contribution in [1.82, 2.24) is 10.2 Å². The third-order valence-electron chi connectivity index (χ3n) is 3.65. The van der Waals surface area contributed by atoms with Crippen LogP contribution in [0.1, 0.15) is 32.6 Å². The van der Waals surface area contributed by atoms with E-state index in [1.165, 1.54) is 19.3 Å². The number of nitrogens with zero attached hydrogens (tertiary/aromatic N) is 1. The van der Waals surface area contributed by atoms with Gasteiger partial charge in [-0.2, -0.15) is 0 Å². The lowest BCUT2D eigenvalue weighted by Gasteiger charge is -2.34. The molecule has 2 aliphatic heterocycles. The maximum Gasteiger partial charge on any atom is 0.222 e. The van der Waals surface area contributed by atoms with Crippen LogP contribution in [-0.2, 0) is 4.79 Å². The number of hydrogen-bond donors (Lipinski definition) is 1. The standard InChI is InChI=1S/C12H22N2O/c1-10-4-6-14(12(15)7-10)9-11-3-2-5-13-8-11/h10-11,13H,2-9H2,1H3. The van der Waals surface area contributed by atoms with E-state index in [-0.39, 0.29) is 0 Å². The first-order valence-electron chi connectivity index (χ1n) is 6.24. The zero-order valence-corrected chi connectivity index (χ0v) is 9.67. The van der Waals surface area contributed by atoms with E-state index in [2.05, 4.69) is 17.1 Å². The monoisotopic (exact) mass is 210 g/mol. The molecule has 3 heteroatoms. The molecule has 1 amide bonds. The van der Waals surface area contributed by atoms with Crippen molar-refractivity contribution >= 4 is 5.91 Å². The van der Waals surface area contributed by atoms with Crippen LogP contribution in [0.25, 0.3) is 0 Å². The van der Waals surface area contributed by atoms with Crippen LogP contribution in [0.2, 0.25) is 0 Å². The number of carbonyl (C=O) groups excluding carboxylic acids is 1. The molecule has 0 radical (unpaired) electrons. The number of rotatable bonds is 2. The van der Waals surface area contributed by atoms with Gasteiger partial charge in [-0.25, -0.2) is 0 Å². The Bertz CT molecular complexity index is 224. The van der Waals surface area contributed by atoms with E-state index in [0.717, 1.165) is 32.6 Å². The van der Waals surface area contributed by atoms with Crippen molar-refractivity contribution in [2.24, 2.45) is 11.8 Å². The van der Waals surface area contributed by atoms with Crippen molar-refractivity contribution < 1.29 is 4.79 Å². The number of nitrogens with one attached hydrogen (secondary N) is 1. The summed E-state index contributed by atoms with van der Waals surface area (Å²) in [6.45, 7) is 6.40. The Labute approximate surface area is 92.2 Å². The summed E-state index contributed by atoms with van der Waals surface area (Å²) in [6.07, 6.45) is 4.50. The average molecular weight is 210 g/mol. The van der Waals surface area contributed by atoms with E-state index < -0.39 is 0 Å². The summed E-state index contributed by atoms with van der Waals surface area (Å²) in [6, 6.07) is 0. The molecule has 2 fully saturated rings. The summed E-state index contributed by atoms with van der Waals surface area (Å²) in [4.78, 5) is 13.9. The van der Waals surface area contributed by atoms with Gasteiger partial charge in [0.15, 0.2) is 0 Å². The van der Waals surface area contributed by atoms with Gasteiger partial charge in [-0.3, -0.25) is 4.79 Å². The van der Waals surface area contributed by atoms with Crippen LogP contribution in [0, 0.1) is 11.8 Å². The van der Waals surface area contributed by atoms with Gasteiger partial charge in [0.1, 0.15) is 0 Å². The Morgan fingerprint density at radius 1 is 1.47 bits per heavy atom. The summed E-state index contributed by atoms with van der Waals surface area (Å²) in [5.41, 5.74) is 0. The first kappa shape index (κ1) is 10.9. The largest absolute Gasteiger partial charge is 0.342 e. The van der Waals surface area contributed by atoms with Gasteiger partial charge < -0.3 is 10.2 Å². The number of piperidine rings is 2. The third kappa shape index (κ3) is 2.94. The topological polar surface area (TPSA) is 32.3 Å². The van der Waals surface area contributed by atoms with E-state index in [1.54, 1.807) is 0 Å². The van der Waals surface area contributed by atoms with Crippen LogP contribution in [-0.4, -0.2) is 37.0 Å². The summed E-state index contributed by atoms with van der Waals surface area (Å²) in [7, 11) is 0. The molecule has 2 saturated heterocycles. The third-order valence-corrected chi connectivity index (χ3v) is 3.65. The molecule has 2 rings (SSSR count). The number of amides is 1. The van der Waals surface area contributed by atoms with Crippen LogP contribution >= 0.6 is 0 Å². The molecule has 0 spiro atoms. The highest BCUT2D eigenvalue weighted by atomic mass is 16.2. The molecule has 3 nitrogen and oxygen atoms in total. The number of carbonyl (C=O) groups is 1. The quantitative estimate of drug-likeness (QED) is 0.744. The molecule has 86 valence electrons. The Morgan fingerprint density at radius 3 is 3.00 bits per heavy atom. The molecule has 0 aromatic heterocycles. The predicted octanol–water partition coefficient (Wildman–Crippen LogP) is 1.24. The molecule has 15 heavy (non-hydrogen) atoms. The van der Waals surface area contributed by atoms with E-state index in [4.69, 9.17) is 0 Å². The second-order valence-corrected chi connectivity index (χ2v) is 5.15. The predicted molar refractivity (Wildman–Crippen MR) is 60.6 cm³/mol. The van der Waals surface area contributed by atoms with Gasteiger partial charge in [0.25, 0.3) is 0 Å². The van der Waals surface area contributed by atoms with Crippen LogP contribution < -0.4 is 5.32 Å². The smallest absolute Gasteiger partial charge is 0.222 e. The highest BCUT2D eigenvalue weighted by Gasteiger charge is 2.25. The van der Waals surface area contributed by atoms with Crippen LogP contribution in [0.15, 0.2) is 0 Å². The number of likely N-dealkylation sites (tertiary alicyclic amines) is 1. The summed E-state index contributed by atoms with van der Waals surface area (Å²) in [5.74, 6) is 1.66. The molecule has 0 saturated carbocycles. The van der Waals surface area contributed by atoms with Crippen molar-refractivity contribution in [3.63, 3.8) is 0 Å². The fourth-order valence-electron chi connectivity index (χ4n) is 2.61. The molecule has 0 aliphatic carbocycles. The highest BCUT2D eigenvalue weighted by Crippen LogP contribution is 2.20. The fourth-order valence-corrected chi connectivity index (χ4v) is 2.61. The van der Waals surface area contributed by atoms with Gasteiger partial charge in [-0.05, 0) is 44.2 Å². The zero-order chi connectivity index (χ0) is 10.7. The molecule has 2 atom stereocenters. The van der Waals surface area contributed by atoms with Crippen molar-refractivity contribution in [3.8, 4) is 0 Å². The van der Waals surface area contributed by atoms with Gasteiger partial charge in [0.2, 0.25) is 5.91 Å². The molecule has 0 bridgehead atoms. The molecule has 2 aliphatic rings. The van der Waals surface area contributed by atoms with E-state index in [1.807, 2.05) is 0 Å². The van der Waals surface area contributed by atoms with Crippen molar-refractivity contribution in [2.75, 3.05) is 26.2 Å². The molecule has 2 heterocycles. The van der Waals surface area contributed by atoms with E-state index in [0.29, 0.717) is 17.7 Å². The zero-order valence-electron chi connectivity index (χ0n) is 9.67. The maximum atomic E-state index is 11.8. The van der Waals surface area contributed by atoms with Gasteiger partial charge in [-0.15, -0.1) is 0 Å². The minimum Gasteiger partial charge on any atom is -0.342 e. The lowest BCUT2D eigenvalue weighted by Crippen LogP contribution is -2.44. The van der Waals surface area contributed by atoms with Crippen molar-refractivity contribution in [2.45, 2.75) is 32.6 Å². The van der Waals surface area contributed by atoms with Crippen LogP contribution in [0.4, 0.5) is 0 Å². The minimum atomic E-state index is 0.374. The molecular weight excluding hydrogens is 188 g/mol. The van der Waals surface area contributed by atoms with E-state index in [9.17, 15) is 4.79 Å². The summed E-state index contributed by atoms with van der Waals surface area (Å²) >= 11 is 0. The first-order chi connectivity index (χ1) is 7.25. The lowest BCUT2D eigenvalue weighted by molar-refractivity contribution is -0.135. The first-order valence-corrected chi connectivity index (χ1v) is 6.24. The fraction of sp³-hybridized carbons (Fsp3) is 0.917. The summed E-state index contributed by atoms with van der Waals surface area (Å²) in [5, 5.41) is 3.41. The van der Waals surface area contributed by atoms with Crippen LogP contribution in [0.5, 0.6) is 0 Å². The average Bonchev–Trinajstić information content (AvgIpc) is 2.24. The number of hydrogen-bond acceptors (Lipinski definition) is 2. The van der Waals surface area contributed by atoms with Crippen molar-refractivity contribution in [1.29, 1.82) is 0 Å². The van der Waals surface area contributed by atoms with Crippen molar-refractivity contribution in [3.05, 3.63) is 0 Å². The molecule has 0 aromatic carbocycles. The normalized spacial score (nSPS) is 33.1. The van der Waals surface area contributed by atoms with Gasteiger partial charge in [-0.1, -0.05) is 6.92 Å². The molecule has 1 N–H and O–H groups in total. The Balaban J connectivity index is 1.80. The lowest BCUT2D eigenvalue weighted by atomic mass is 9.95. The van der Waals surface area contributed by atoms with Gasteiger partial charge in [0, 0.05) is 19.5 Å². The molecular formula is C12H22N2O. The summed E-state index contributed by atoms with van der Waals surface area (Å²) < 4.78 is 0. The molecule has 0 aromatic rings. The van der Waals surface area contributed by atoms with Gasteiger partial charge >= 0.3 is 0 Å². The second kappa shape index (κ2) is 4.97. The van der Waals surface area contributed by atoms with E-state index >= 15 is 0 Å². The molecule has 2 unspecified atom stereocenters. The Morgan fingerprint density at radius 2 is 2.33 bits per heavy atom. The SMILES string of the molecule is CC1CCN(CC2CCCNC2)C(=O)C1. The van der Waals surface area contributed by atoms with Crippen LogP contribution in [0.3, 0.4) is 0 Å². The highest BCUT2D eigenvalue weighted by molar-refractivity contribution is 5.77. The second-order valence-electron chi connectivity index (χ2n) is 5.15. The Kier molecular flexibility index (Phi) is 3.62.